The van der Waals surface area contributed by atoms with Crippen LogP contribution in [0, 0.1) is 0 Å². The molecule has 0 aliphatic rings. The summed E-state index contributed by atoms with van der Waals surface area (Å²) >= 11 is 0. The van der Waals surface area contributed by atoms with E-state index in [2.05, 4.69) is 33.3 Å². The Morgan fingerprint density at radius 3 is 2.74 bits per heavy atom. The van der Waals surface area contributed by atoms with Gasteiger partial charge in [0.25, 0.3) is 0 Å². The molecule has 0 saturated carbocycles. The third kappa shape index (κ3) is 4.41. The average Bonchev–Trinajstić information content (AvgIpc) is 2.49. The normalized spacial score (nSPS) is 12.3. The molecule has 4 nitrogen and oxygen atoms in total. The third-order valence-electron chi connectivity index (χ3n) is 3.03. The Balaban J connectivity index is 1.98. The van der Waals surface area contributed by atoms with Crippen molar-refractivity contribution in [1.29, 1.82) is 0 Å². The molecule has 2 heterocycles. The van der Waals surface area contributed by atoms with Crippen LogP contribution in [0.4, 0.5) is 0 Å². The van der Waals surface area contributed by atoms with Gasteiger partial charge in [0, 0.05) is 31.0 Å². The van der Waals surface area contributed by atoms with E-state index in [1.165, 1.54) is 5.56 Å². The van der Waals surface area contributed by atoms with Crippen LogP contribution in [0.15, 0.2) is 43.1 Å². The Kier molecular flexibility index (Phi) is 5.44. The summed E-state index contributed by atoms with van der Waals surface area (Å²) in [5, 5.41) is 3.53. The Morgan fingerprint density at radius 2 is 2.05 bits per heavy atom. The second-order valence-corrected chi connectivity index (χ2v) is 4.54. The van der Waals surface area contributed by atoms with Gasteiger partial charge in [0.2, 0.25) is 0 Å². The number of hydrogen-bond acceptors (Lipinski definition) is 4. The van der Waals surface area contributed by atoms with E-state index in [1.807, 2.05) is 18.5 Å². The standard InChI is InChI=1S/C15H20N4/c1-2-7-18-14(15-12-17-9-10-19-15)6-5-13-4-3-8-16-11-13/h3-4,8-12,14,18H,2,5-7H2,1H3. The van der Waals surface area contributed by atoms with Gasteiger partial charge in [-0.15, -0.1) is 0 Å². The van der Waals surface area contributed by atoms with E-state index in [-0.39, 0.29) is 6.04 Å². The number of aromatic nitrogens is 3. The van der Waals surface area contributed by atoms with Crippen molar-refractivity contribution in [3.8, 4) is 0 Å². The molecule has 2 rings (SSSR count). The predicted octanol–water partition coefficient (Wildman–Crippen LogP) is 2.55. The van der Waals surface area contributed by atoms with E-state index in [9.17, 15) is 0 Å². The summed E-state index contributed by atoms with van der Waals surface area (Å²) in [6, 6.07) is 4.35. The molecule has 0 aliphatic carbocycles. The summed E-state index contributed by atoms with van der Waals surface area (Å²) in [6.45, 7) is 3.16. The summed E-state index contributed by atoms with van der Waals surface area (Å²) < 4.78 is 0. The van der Waals surface area contributed by atoms with Gasteiger partial charge in [0.05, 0.1) is 11.7 Å². The summed E-state index contributed by atoms with van der Waals surface area (Å²) in [4.78, 5) is 12.7. The fraction of sp³-hybridized carbons (Fsp3) is 0.400. The predicted molar refractivity (Wildman–Crippen MR) is 75.6 cm³/mol. The Labute approximate surface area is 114 Å². The van der Waals surface area contributed by atoms with Gasteiger partial charge in [0.15, 0.2) is 0 Å². The molecule has 0 fully saturated rings. The highest BCUT2D eigenvalue weighted by Crippen LogP contribution is 2.16. The zero-order valence-corrected chi connectivity index (χ0v) is 11.3. The molecule has 1 atom stereocenters. The first-order valence-corrected chi connectivity index (χ1v) is 6.78. The second kappa shape index (κ2) is 7.59. The van der Waals surface area contributed by atoms with Crippen LogP contribution in [0.25, 0.3) is 0 Å². The Morgan fingerprint density at radius 1 is 1.16 bits per heavy atom. The molecule has 0 spiro atoms. The van der Waals surface area contributed by atoms with Gasteiger partial charge in [-0.1, -0.05) is 13.0 Å². The number of nitrogens with one attached hydrogen (secondary N) is 1. The van der Waals surface area contributed by atoms with Gasteiger partial charge < -0.3 is 5.32 Å². The largest absolute Gasteiger partial charge is 0.309 e. The molecule has 0 bridgehead atoms. The molecule has 19 heavy (non-hydrogen) atoms. The lowest BCUT2D eigenvalue weighted by Gasteiger charge is -2.17. The summed E-state index contributed by atoms with van der Waals surface area (Å²) in [7, 11) is 0. The van der Waals surface area contributed by atoms with Crippen LogP contribution in [0.2, 0.25) is 0 Å². The molecular weight excluding hydrogens is 236 g/mol. The van der Waals surface area contributed by atoms with E-state index in [0.717, 1.165) is 31.5 Å². The van der Waals surface area contributed by atoms with Crippen LogP contribution < -0.4 is 5.32 Å². The topological polar surface area (TPSA) is 50.7 Å². The van der Waals surface area contributed by atoms with Gasteiger partial charge in [-0.3, -0.25) is 15.0 Å². The highest BCUT2D eigenvalue weighted by molar-refractivity contribution is 5.10. The molecule has 1 unspecified atom stereocenters. The number of nitrogens with zero attached hydrogens (tertiary/aromatic N) is 3. The van der Waals surface area contributed by atoms with Crippen molar-refractivity contribution in [2.24, 2.45) is 0 Å². The first-order valence-electron chi connectivity index (χ1n) is 6.78. The zero-order chi connectivity index (χ0) is 13.3. The zero-order valence-electron chi connectivity index (χ0n) is 11.3. The molecule has 0 amide bonds. The van der Waals surface area contributed by atoms with E-state index < -0.39 is 0 Å². The smallest absolute Gasteiger partial charge is 0.0756 e. The highest BCUT2D eigenvalue weighted by Gasteiger charge is 2.12. The van der Waals surface area contributed by atoms with Crippen molar-refractivity contribution in [2.45, 2.75) is 32.2 Å². The minimum atomic E-state index is 0.258. The fourth-order valence-electron chi connectivity index (χ4n) is 2.02. The van der Waals surface area contributed by atoms with Crippen LogP contribution in [0.3, 0.4) is 0 Å². The van der Waals surface area contributed by atoms with Crippen molar-refractivity contribution in [2.75, 3.05) is 6.54 Å². The highest BCUT2D eigenvalue weighted by atomic mass is 14.9. The number of rotatable bonds is 7. The van der Waals surface area contributed by atoms with Crippen molar-refractivity contribution in [3.63, 3.8) is 0 Å². The molecule has 0 radical (unpaired) electrons. The van der Waals surface area contributed by atoms with Crippen molar-refractivity contribution in [3.05, 3.63) is 54.4 Å². The van der Waals surface area contributed by atoms with Crippen LogP contribution in [0.5, 0.6) is 0 Å². The monoisotopic (exact) mass is 256 g/mol. The number of hydrogen-bond donors (Lipinski definition) is 1. The maximum Gasteiger partial charge on any atom is 0.0756 e. The van der Waals surface area contributed by atoms with E-state index in [1.54, 1.807) is 18.6 Å². The fourth-order valence-corrected chi connectivity index (χ4v) is 2.02. The number of pyridine rings is 1. The summed E-state index contributed by atoms with van der Waals surface area (Å²) in [5.41, 5.74) is 2.27. The minimum Gasteiger partial charge on any atom is -0.309 e. The molecule has 0 saturated heterocycles. The summed E-state index contributed by atoms with van der Waals surface area (Å²) in [6.07, 6.45) is 12.1. The third-order valence-corrected chi connectivity index (χ3v) is 3.03. The molecule has 0 aromatic carbocycles. The second-order valence-electron chi connectivity index (χ2n) is 4.54. The average molecular weight is 256 g/mol. The molecule has 2 aromatic heterocycles. The van der Waals surface area contributed by atoms with Crippen LogP contribution in [-0.2, 0) is 6.42 Å². The lowest BCUT2D eigenvalue weighted by Crippen LogP contribution is -2.23. The first-order chi connectivity index (χ1) is 9.40. The maximum absolute atomic E-state index is 4.40. The van der Waals surface area contributed by atoms with Crippen molar-refractivity contribution in [1.82, 2.24) is 20.3 Å². The van der Waals surface area contributed by atoms with Gasteiger partial charge in [-0.2, -0.15) is 0 Å². The first kappa shape index (κ1) is 13.6. The van der Waals surface area contributed by atoms with E-state index in [4.69, 9.17) is 0 Å². The SMILES string of the molecule is CCCNC(CCc1cccnc1)c1cnccn1. The molecule has 100 valence electrons. The van der Waals surface area contributed by atoms with Crippen molar-refractivity contribution >= 4 is 0 Å². The Hall–Kier alpha value is -1.81. The molecular formula is C15H20N4. The van der Waals surface area contributed by atoms with Gasteiger partial charge >= 0.3 is 0 Å². The molecule has 2 aromatic rings. The van der Waals surface area contributed by atoms with E-state index >= 15 is 0 Å². The van der Waals surface area contributed by atoms with Crippen LogP contribution in [0.1, 0.15) is 37.1 Å². The van der Waals surface area contributed by atoms with Gasteiger partial charge in [-0.05, 0) is 37.4 Å². The van der Waals surface area contributed by atoms with Gasteiger partial charge in [0.1, 0.15) is 0 Å². The van der Waals surface area contributed by atoms with Crippen LogP contribution >= 0.6 is 0 Å². The quantitative estimate of drug-likeness (QED) is 0.827. The van der Waals surface area contributed by atoms with E-state index in [0.29, 0.717) is 0 Å². The molecule has 0 aliphatic heterocycles. The molecule has 1 N–H and O–H groups in total. The maximum atomic E-state index is 4.40. The van der Waals surface area contributed by atoms with Gasteiger partial charge in [-0.25, -0.2) is 0 Å². The Bertz CT molecular complexity index is 458. The van der Waals surface area contributed by atoms with Crippen LogP contribution in [-0.4, -0.2) is 21.5 Å². The lowest BCUT2D eigenvalue weighted by atomic mass is 10.0. The molecule has 4 heteroatoms. The minimum absolute atomic E-state index is 0.258. The number of aryl methyl sites for hydroxylation is 1. The van der Waals surface area contributed by atoms with Crippen molar-refractivity contribution < 1.29 is 0 Å². The summed E-state index contributed by atoms with van der Waals surface area (Å²) in [5.74, 6) is 0. The lowest BCUT2D eigenvalue weighted by molar-refractivity contribution is 0.487.